The molecule has 0 aliphatic heterocycles. The number of carbonyl (C=O) groups is 2. The Bertz CT molecular complexity index is 509. The van der Waals surface area contributed by atoms with E-state index in [0.717, 1.165) is 16.5 Å². The van der Waals surface area contributed by atoms with Crippen LogP contribution in [0.1, 0.15) is 37.8 Å². The summed E-state index contributed by atoms with van der Waals surface area (Å²) in [5.41, 5.74) is 0.159. The smallest absolute Gasteiger partial charge is 0.236 e. The standard InChI is InChI=1S/C15H19BrN2O2/c1-10(11-4-6-12(16)7-5-11)18-14(20)15(8-3-9-15)13(19)17-2/h4-7,10H,3,8-9H2,1-2H3,(H,17,19)(H,18,20)/t10-/m1/s1. The number of hydrogen-bond donors (Lipinski definition) is 2. The molecule has 1 aliphatic carbocycles. The van der Waals surface area contributed by atoms with Crippen LogP contribution in [-0.4, -0.2) is 18.9 Å². The molecule has 2 rings (SSSR count). The topological polar surface area (TPSA) is 58.2 Å². The quantitative estimate of drug-likeness (QED) is 0.829. The summed E-state index contributed by atoms with van der Waals surface area (Å²) in [6.07, 6.45) is 2.19. The number of halogens is 1. The first-order valence-corrected chi connectivity index (χ1v) is 7.57. The molecule has 4 nitrogen and oxygen atoms in total. The molecule has 0 aromatic heterocycles. The minimum atomic E-state index is -0.863. The lowest BCUT2D eigenvalue weighted by atomic mass is 9.67. The van der Waals surface area contributed by atoms with E-state index in [1.807, 2.05) is 31.2 Å². The minimum Gasteiger partial charge on any atom is -0.358 e. The molecule has 1 aromatic rings. The van der Waals surface area contributed by atoms with Crippen molar-refractivity contribution in [3.8, 4) is 0 Å². The zero-order valence-corrected chi connectivity index (χ0v) is 13.3. The Balaban J connectivity index is 2.07. The van der Waals surface area contributed by atoms with E-state index < -0.39 is 5.41 Å². The van der Waals surface area contributed by atoms with Gasteiger partial charge in [-0.15, -0.1) is 0 Å². The van der Waals surface area contributed by atoms with E-state index in [4.69, 9.17) is 0 Å². The zero-order valence-electron chi connectivity index (χ0n) is 11.7. The third kappa shape index (κ3) is 2.73. The van der Waals surface area contributed by atoms with Gasteiger partial charge in [0.1, 0.15) is 5.41 Å². The second kappa shape index (κ2) is 5.95. The van der Waals surface area contributed by atoms with Crippen molar-refractivity contribution in [2.75, 3.05) is 7.05 Å². The maximum absolute atomic E-state index is 12.4. The Morgan fingerprint density at radius 2 is 1.80 bits per heavy atom. The van der Waals surface area contributed by atoms with Crippen molar-refractivity contribution in [1.82, 2.24) is 10.6 Å². The number of hydrogen-bond acceptors (Lipinski definition) is 2. The van der Waals surface area contributed by atoms with Crippen molar-refractivity contribution in [3.63, 3.8) is 0 Å². The van der Waals surface area contributed by atoms with Gasteiger partial charge < -0.3 is 10.6 Å². The van der Waals surface area contributed by atoms with E-state index >= 15 is 0 Å². The molecule has 2 N–H and O–H groups in total. The normalized spacial score (nSPS) is 17.8. The Labute approximate surface area is 127 Å². The monoisotopic (exact) mass is 338 g/mol. The van der Waals surface area contributed by atoms with E-state index in [1.165, 1.54) is 0 Å². The minimum absolute atomic E-state index is 0.113. The van der Waals surface area contributed by atoms with Crippen molar-refractivity contribution in [3.05, 3.63) is 34.3 Å². The van der Waals surface area contributed by atoms with Crippen molar-refractivity contribution >= 4 is 27.7 Å². The Hall–Kier alpha value is -1.36. The predicted octanol–water partition coefficient (Wildman–Crippen LogP) is 2.54. The number of rotatable bonds is 4. The zero-order chi connectivity index (χ0) is 14.8. The van der Waals surface area contributed by atoms with Crippen LogP contribution in [0.4, 0.5) is 0 Å². The van der Waals surface area contributed by atoms with Crippen LogP contribution in [0.25, 0.3) is 0 Å². The Morgan fingerprint density at radius 3 is 2.25 bits per heavy atom. The maximum atomic E-state index is 12.4. The molecule has 108 valence electrons. The molecule has 0 radical (unpaired) electrons. The van der Waals surface area contributed by atoms with E-state index in [1.54, 1.807) is 7.05 Å². The molecule has 1 aliphatic rings. The maximum Gasteiger partial charge on any atom is 0.236 e. The van der Waals surface area contributed by atoms with Gasteiger partial charge in [0.15, 0.2) is 0 Å². The van der Waals surface area contributed by atoms with Gasteiger partial charge in [-0.05, 0) is 37.5 Å². The summed E-state index contributed by atoms with van der Waals surface area (Å²) >= 11 is 3.39. The van der Waals surface area contributed by atoms with Gasteiger partial charge in [0.25, 0.3) is 0 Å². The van der Waals surface area contributed by atoms with Gasteiger partial charge in [-0.3, -0.25) is 9.59 Å². The molecule has 0 spiro atoms. The van der Waals surface area contributed by atoms with Gasteiger partial charge in [-0.1, -0.05) is 34.5 Å². The fraction of sp³-hybridized carbons (Fsp3) is 0.467. The Morgan fingerprint density at radius 1 is 1.20 bits per heavy atom. The van der Waals surface area contributed by atoms with E-state index in [9.17, 15) is 9.59 Å². The lowest BCUT2D eigenvalue weighted by Crippen LogP contribution is -2.55. The first-order chi connectivity index (χ1) is 9.49. The number of benzene rings is 1. The highest BCUT2D eigenvalue weighted by Gasteiger charge is 2.50. The third-order valence-corrected chi connectivity index (χ3v) is 4.55. The summed E-state index contributed by atoms with van der Waals surface area (Å²) in [5.74, 6) is -0.345. The van der Waals surface area contributed by atoms with E-state index in [2.05, 4.69) is 26.6 Å². The van der Waals surface area contributed by atoms with Crippen LogP contribution < -0.4 is 10.6 Å². The first-order valence-electron chi connectivity index (χ1n) is 6.78. The fourth-order valence-electron chi connectivity index (χ4n) is 2.50. The van der Waals surface area contributed by atoms with Crippen LogP contribution in [0, 0.1) is 5.41 Å². The number of amides is 2. The van der Waals surface area contributed by atoms with Crippen molar-refractivity contribution in [2.45, 2.75) is 32.2 Å². The van der Waals surface area contributed by atoms with Gasteiger partial charge in [-0.25, -0.2) is 0 Å². The van der Waals surface area contributed by atoms with Crippen molar-refractivity contribution in [2.24, 2.45) is 5.41 Å². The molecule has 0 heterocycles. The summed E-state index contributed by atoms with van der Waals surface area (Å²) < 4.78 is 1.00. The molecule has 0 bridgehead atoms. The molecule has 5 heteroatoms. The molecular formula is C15H19BrN2O2. The average Bonchev–Trinajstić information content (AvgIpc) is 2.37. The van der Waals surface area contributed by atoms with Crippen LogP contribution in [0.2, 0.25) is 0 Å². The molecule has 1 saturated carbocycles. The summed E-state index contributed by atoms with van der Waals surface area (Å²) in [6, 6.07) is 7.69. The van der Waals surface area contributed by atoms with Crippen LogP contribution in [0.15, 0.2) is 28.7 Å². The second-order valence-electron chi connectivity index (χ2n) is 5.26. The van der Waals surface area contributed by atoms with Gasteiger partial charge >= 0.3 is 0 Å². The third-order valence-electron chi connectivity index (χ3n) is 4.02. The summed E-state index contributed by atoms with van der Waals surface area (Å²) in [6.45, 7) is 1.93. The number of nitrogens with one attached hydrogen (secondary N) is 2. The fourth-order valence-corrected chi connectivity index (χ4v) is 2.76. The summed E-state index contributed by atoms with van der Waals surface area (Å²) in [7, 11) is 1.58. The molecule has 1 aromatic carbocycles. The van der Waals surface area contributed by atoms with Crippen LogP contribution in [0.3, 0.4) is 0 Å². The molecule has 20 heavy (non-hydrogen) atoms. The highest BCUT2D eigenvalue weighted by Crippen LogP contribution is 2.41. The predicted molar refractivity (Wildman–Crippen MR) is 81.1 cm³/mol. The second-order valence-corrected chi connectivity index (χ2v) is 6.18. The lowest BCUT2D eigenvalue weighted by molar-refractivity contribution is -0.149. The van der Waals surface area contributed by atoms with Gasteiger partial charge in [-0.2, -0.15) is 0 Å². The van der Waals surface area contributed by atoms with Crippen LogP contribution in [-0.2, 0) is 9.59 Å². The van der Waals surface area contributed by atoms with Gasteiger partial charge in [0.05, 0.1) is 6.04 Å². The highest BCUT2D eigenvalue weighted by molar-refractivity contribution is 9.10. The Kier molecular flexibility index (Phi) is 4.48. The first kappa shape index (κ1) is 15.0. The van der Waals surface area contributed by atoms with Crippen LogP contribution >= 0.6 is 15.9 Å². The number of carbonyl (C=O) groups excluding carboxylic acids is 2. The lowest BCUT2D eigenvalue weighted by Gasteiger charge is -2.38. The molecule has 1 fully saturated rings. The summed E-state index contributed by atoms with van der Waals surface area (Å²) in [5, 5.41) is 5.56. The molecule has 1 atom stereocenters. The summed E-state index contributed by atoms with van der Waals surface area (Å²) in [4.78, 5) is 24.4. The van der Waals surface area contributed by atoms with E-state index in [0.29, 0.717) is 12.8 Å². The average molecular weight is 339 g/mol. The SMILES string of the molecule is CNC(=O)C1(C(=O)N[C@H](C)c2ccc(Br)cc2)CCC1. The largest absolute Gasteiger partial charge is 0.358 e. The molecular weight excluding hydrogens is 320 g/mol. The van der Waals surface area contributed by atoms with Crippen molar-refractivity contribution in [1.29, 1.82) is 0 Å². The van der Waals surface area contributed by atoms with Gasteiger partial charge in [0.2, 0.25) is 11.8 Å². The highest BCUT2D eigenvalue weighted by atomic mass is 79.9. The van der Waals surface area contributed by atoms with E-state index in [-0.39, 0.29) is 17.9 Å². The molecule has 2 amide bonds. The van der Waals surface area contributed by atoms with Crippen LogP contribution in [0.5, 0.6) is 0 Å². The molecule has 0 saturated heterocycles. The molecule has 0 unspecified atom stereocenters. The van der Waals surface area contributed by atoms with Gasteiger partial charge in [0, 0.05) is 11.5 Å². The van der Waals surface area contributed by atoms with Crippen molar-refractivity contribution < 1.29 is 9.59 Å².